The molecule has 1 nitrogen and oxygen atoms in total. The molecule has 0 saturated carbocycles. The summed E-state index contributed by atoms with van der Waals surface area (Å²) in [7, 11) is -0.617. The molecule has 29 heavy (non-hydrogen) atoms. The maximum atomic E-state index is 2.67. The molecule has 4 aromatic carbocycles. The van der Waals surface area contributed by atoms with Gasteiger partial charge in [0.2, 0.25) is 0 Å². The van der Waals surface area contributed by atoms with E-state index in [-0.39, 0.29) is 0 Å². The first-order chi connectivity index (χ1) is 14.3. The summed E-state index contributed by atoms with van der Waals surface area (Å²) in [6.45, 7) is 3.53. The second-order valence-electron chi connectivity index (χ2n) is 7.85. The molecule has 0 N–H and O–H groups in total. The monoisotopic (exact) mass is 395 g/mol. The van der Waals surface area contributed by atoms with E-state index in [0.29, 0.717) is 6.04 Å². The molecular formula is C27H26NP. The lowest BCUT2D eigenvalue weighted by Gasteiger charge is -2.31. The topological polar surface area (TPSA) is 3.24 Å². The molecule has 4 aromatic rings. The largest absolute Gasteiger partial charge is 0.368 e. The highest BCUT2D eigenvalue weighted by atomic mass is 31.1. The molecule has 1 fully saturated rings. The van der Waals surface area contributed by atoms with Crippen LogP contribution >= 0.6 is 7.92 Å². The molecule has 0 bridgehead atoms. The maximum Gasteiger partial charge on any atom is 0.0533 e. The van der Waals surface area contributed by atoms with Crippen LogP contribution in [0.25, 0.3) is 10.8 Å². The number of fused-ring (bicyclic) bond motifs is 1. The first kappa shape index (κ1) is 18.4. The van der Waals surface area contributed by atoms with Crippen molar-refractivity contribution in [3.05, 3.63) is 97.1 Å². The van der Waals surface area contributed by atoms with Gasteiger partial charge in [-0.3, -0.25) is 0 Å². The maximum absolute atomic E-state index is 2.67. The fourth-order valence-electron chi connectivity index (χ4n) is 4.57. The summed E-state index contributed by atoms with van der Waals surface area (Å²) in [5.41, 5.74) is 1.45. The third-order valence-electron chi connectivity index (χ3n) is 5.99. The van der Waals surface area contributed by atoms with Gasteiger partial charge in [-0.2, -0.15) is 0 Å². The van der Waals surface area contributed by atoms with E-state index in [2.05, 4.69) is 109 Å². The number of hydrogen-bond donors (Lipinski definition) is 0. The summed E-state index contributed by atoms with van der Waals surface area (Å²) in [6, 6.07) is 36.3. The van der Waals surface area contributed by atoms with Crippen molar-refractivity contribution in [3.8, 4) is 0 Å². The van der Waals surface area contributed by atoms with Gasteiger partial charge in [0.1, 0.15) is 0 Å². The number of rotatable bonds is 4. The van der Waals surface area contributed by atoms with E-state index in [1.165, 1.54) is 45.2 Å². The third-order valence-corrected chi connectivity index (χ3v) is 8.46. The molecule has 1 saturated heterocycles. The molecule has 0 aromatic heterocycles. The Labute approximate surface area is 174 Å². The van der Waals surface area contributed by atoms with Crippen LogP contribution in [0.2, 0.25) is 0 Å². The van der Waals surface area contributed by atoms with Crippen molar-refractivity contribution < 1.29 is 0 Å². The van der Waals surface area contributed by atoms with E-state index in [0.717, 1.165) is 6.54 Å². The van der Waals surface area contributed by atoms with Gasteiger partial charge in [-0.1, -0.05) is 97.1 Å². The van der Waals surface area contributed by atoms with E-state index in [1.807, 2.05) is 0 Å². The van der Waals surface area contributed by atoms with Gasteiger partial charge in [0.15, 0.2) is 0 Å². The van der Waals surface area contributed by atoms with Crippen molar-refractivity contribution in [1.29, 1.82) is 0 Å². The van der Waals surface area contributed by atoms with E-state index in [1.54, 1.807) is 0 Å². The molecule has 1 aliphatic heterocycles. The standard InChI is InChI=1S/C27H26NP/c1-21-11-10-20-28(21)27-25-17-9-8-12-22(25)18-19-26(27)29(23-13-4-2-5-14-23)24-15-6-3-7-16-24/h2-9,12-19,21H,10-11,20H2,1H3. The van der Waals surface area contributed by atoms with Crippen molar-refractivity contribution in [3.63, 3.8) is 0 Å². The zero-order valence-corrected chi connectivity index (χ0v) is 17.7. The van der Waals surface area contributed by atoms with Gasteiger partial charge >= 0.3 is 0 Å². The molecule has 2 heteroatoms. The Morgan fingerprint density at radius 1 is 0.724 bits per heavy atom. The SMILES string of the molecule is CC1CCCN1c1c(P(c2ccccc2)c2ccccc2)ccc2ccccc12. The lowest BCUT2D eigenvalue weighted by Crippen LogP contribution is -2.33. The van der Waals surface area contributed by atoms with Crippen LogP contribution in [0, 0.1) is 0 Å². The smallest absolute Gasteiger partial charge is 0.0533 e. The summed E-state index contributed by atoms with van der Waals surface area (Å²) < 4.78 is 0. The molecular weight excluding hydrogens is 369 g/mol. The zero-order valence-electron chi connectivity index (χ0n) is 16.8. The highest BCUT2D eigenvalue weighted by Gasteiger charge is 2.28. The second kappa shape index (κ2) is 8.01. The summed E-state index contributed by atoms with van der Waals surface area (Å²) in [6.07, 6.45) is 2.55. The third kappa shape index (κ3) is 3.45. The summed E-state index contributed by atoms with van der Waals surface area (Å²) in [5, 5.41) is 7.03. The molecule has 1 heterocycles. The summed E-state index contributed by atoms with van der Waals surface area (Å²) in [5.74, 6) is 0. The second-order valence-corrected chi connectivity index (χ2v) is 10.0. The first-order valence-electron chi connectivity index (χ1n) is 10.5. The van der Waals surface area contributed by atoms with Crippen LogP contribution in [-0.2, 0) is 0 Å². The zero-order chi connectivity index (χ0) is 19.6. The Kier molecular flexibility index (Phi) is 5.08. The van der Waals surface area contributed by atoms with Crippen molar-refractivity contribution >= 4 is 40.3 Å². The van der Waals surface area contributed by atoms with Crippen molar-refractivity contribution in [2.24, 2.45) is 0 Å². The van der Waals surface area contributed by atoms with E-state index in [4.69, 9.17) is 0 Å². The van der Waals surface area contributed by atoms with Gasteiger partial charge in [-0.25, -0.2) is 0 Å². The van der Waals surface area contributed by atoms with Gasteiger partial charge in [-0.05, 0) is 43.7 Å². The van der Waals surface area contributed by atoms with Gasteiger partial charge < -0.3 is 4.90 Å². The Bertz CT molecular complexity index is 1070. The fourth-order valence-corrected chi connectivity index (χ4v) is 7.05. The highest BCUT2D eigenvalue weighted by molar-refractivity contribution is 7.80. The molecule has 0 radical (unpaired) electrons. The average molecular weight is 395 g/mol. The fraction of sp³-hybridized carbons (Fsp3) is 0.185. The molecule has 0 spiro atoms. The number of benzene rings is 4. The Morgan fingerprint density at radius 2 is 1.34 bits per heavy atom. The molecule has 144 valence electrons. The molecule has 5 rings (SSSR count). The van der Waals surface area contributed by atoms with Gasteiger partial charge in [0, 0.05) is 23.3 Å². The van der Waals surface area contributed by atoms with E-state index >= 15 is 0 Å². The first-order valence-corrected chi connectivity index (χ1v) is 11.9. The lowest BCUT2D eigenvalue weighted by molar-refractivity contribution is 0.738. The van der Waals surface area contributed by atoms with Crippen LogP contribution in [0.4, 0.5) is 5.69 Å². The number of nitrogens with zero attached hydrogens (tertiary/aromatic N) is 1. The van der Waals surface area contributed by atoms with Crippen LogP contribution in [0.15, 0.2) is 97.1 Å². The average Bonchev–Trinajstić information content (AvgIpc) is 3.20. The summed E-state index contributed by atoms with van der Waals surface area (Å²) in [4.78, 5) is 2.67. The predicted molar refractivity (Wildman–Crippen MR) is 129 cm³/mol. The van der Waals surface area contributed by atoms with Crippen LogP contribution in [0.1, 0.15) is 19.8 Å². The Balaban J connectivity index is 1.79. The molecule has 1 atom stereocenters. The normalized spacial score (nSPS) is 16.6. The van der Waals surface area contributed by atoms with Crippen molar-refractivity contribution in [2.45, 2.75) is 25.8 Å². The van der Waals surface area contributed by atoms with Crippen LogP contribution in [-0.4, -0.2) is 12.6 Å². The van der Waals surface area contributed by atoms with Gasteiger partial charge in [-0.15, -0.1) is 0 Å². The van der Waals surface area contributed by atoms with Crippen molar-refractivity contribution in [1.82, 2.24) is 0 Å². The van der Waals surface area contributed by atoms with E-state index in [9.17, 15) is 0 Å². The number of anilines is 1. The van der Waals surface area contributed by atoms with Gasteiger partial charge in [0.05, 0.1) is 5.69 Å². The van der Waals surface area contributed by atoms with Gasteiger partial charge in [0.25, 0.3) is 0 Å². The number of hydrogen-bond acceptors (Lipinski definition) is 1. The lowest BCUT2D eigenvalue weighted by atomic mass is 10.1. The predicted octanol–water partition coefficient (Wildman–Crippen LogP) is 5.59. The molecule has 1 aliphatic rings. The van der Waals surface area contributed by atoms with Crippen molar-refractivity contribution in [2.75, 3.05) is 11.4 Å². The summed E-state index contributed by atoms with van der Waals surface area (Å²) >= 11 is 0. The molecule has 0 aliphatic carbocycles. The van der Waals surface area contributed by atoms with Crippen LogP contribution in [0.3, 0.4) is 0 Å². The van der Waals surface area contributed by atoms with Crippen LogP contribution < -0.4 is 20.8 Å². The Hall–Kier alpha value is -2.63. The minimum absolute atomic E-state index is 0.586. The molecule has 1 unspecified atom stereocenters. The highest BCUT2D eigenvalue weighted by Crippen LogP contribution is 2.41. The Morgan fingerprint density at radius 3 is 1.97 bits per heavy atom. The molecule has 0 amide bonds. The van der Waals surface area contributed by atoms with Crippen LogP contribution in [0.5, 0.6) is 0 Å². The van der Waals surface area contributed by atoms with E-state index < -0.39 is 7.92 Å². The minimum atomic E-state index is -0.617. The minimum Gasteiger partial charge on any atom is -0.368 e. The quantitative estimate of drug-likeness (QED) is 0.407.